The third-order valence-electron chi connectivity index (χ3n) is 3.08. The summed E-state index contributed by atoms with van der Waals surface area (Å²) in [5.74, 6) is -0.554. The van der Waals surface area contributed by atoms with Crippen molar-refractivity contribution in [3.8, 4) is 0 Å². The van der Waals surface area contributed by atoms with Gasteiger partial charge in [0.25, 0.3) is 0 Å². The first kappa shape index (κ1) is 15.8. The first-order valence-corrected chi connectivity index (χ1v) is 7.01. The fourth-order valence-corrected chi connectivity index (χ4v) is 1.93. The lowest BCUT2D eigenvalue weighted by Crippen LogP contribution is -2.33. The number of hydrogen-bond acceptors (Lipinski definition) is 2. The molecule has 1 unspecified atom stereocenters. The van der Waals surface area contributed by atoms with Gasteiger partial charge in [-0.05, 0) is 36.6 Å². The van der Waals surface area contributed by atoms with Crippen LogP contribution in [0.2, 0.25) is 5.02 Å². The second kappa shape index (κ2) is 7.39. The zero-order valence-corrected chi connectivity index (χ0v) is 12.5. The van der Waals surface area contributed by atoms with Crippen molar-refractivity contribution in [1.82, 2.24) is 0 Å². The van der Waals surface area contributed by atoms with Gasteiger partial charge in [-0.2, -0.15) is 0 Å². The van der Waals surface area contributed by atoms with Crippen molar-refractivity contribution in [3.63, 3.8) is 0 Å². The summed E-state index contributed by atoms with van der Waals surface area (Å²) >= 11 is 5.89. The average molecular weight is 284 g/mol. The van der Waals surface area contributed by atoms with E-state index in [0.29, 0.717) is 17.5 Å². The predicted molar refractivity (Wildman–Crippen MR) is 79.9 cm³/mol. The minimum Gasteiger partial charge on any atom is -0.481 e. The molecular weight excluding hydrogens is 262 g/mol. The SMILES string of the molecule is CC(C)CCN(CC(C)C(=O)O)c1ccc(Cl)cc1. The highest BCUT2D eigenvalue weighted by molar-refractivity contribution is 6.30. The molecule has 0 aliphatic heterocycles. The molecule has 0 amide bonds. The summed E-state index contributed by atoms with van der Waals surface area (Å²) in [4.78, 5) is 13.1. The van der Waals surface area contributed by atoms with Gasteiger partial charge in [0.15, 0.2) is 0 Å². The Hall–Kier alpha value is -1.22. The molecule has 19 heavy (non-hydrogen) atoms. The molecule has 3 nitrogen and oxygen atoms in total. The zero-order valence-electron chi connectivity index (χ0n) is 11.8. The Kier molecular flexibility index (Phi) is 6.16. The molecular formula is C15H22ClNO2. The lowest BCUT2D eigenvalue weighted by Gasteiger charge is -2.27. The first-order chi connectivity index (χ1) is 8.90. The lowest BCUT2D eigenvalue weighted by molar-refractivity contribution is -0.140. The molecule has 1 aromatic rings. The Morgan fingerprint density at radius 3 is 2.32 bits per heavy atom. The Labute approximate surface area is 120 Å². The minimum absolute atomic E-state index is 0.386. The van der Waals surface area contributed by atoms with Crippen LogP contribution in [0.25, 0.3) is 0 Å². The van der Waals surface area contributed by atoms with E-state index in [-0.39, 0.29) is 5.92 Å². The van der Waals surface area contributed by atoms with Crippen LogP contribution in [-0.4, -0.2) is 24.2 Å². The quantitative estimate of drug-likeness (QED) is 0.825. The van der Waals surface area contributed by atoms with Gasteiger partial charge in [-0.15, -0.1) is 0 Å². The van der Waals surface area contributed by atoms with Crippen molar-refractivity contribution in [2.45, 2.75) is 27.2 Å². The second-order valence-electron chi connectivity index (χ2n) is 5.34. The highest BCUT2D eigenvalue weighted by atomic mass is 35.5. The summed E-state index contributed by atoms with van der Waals surface area (Å²) in [5.41, 5.74) is 1.03. The highest BCUT2D eigenvalue weighted by Crippen LogP contribution is 2.20. The van der Waals surface area contributed by atoms with E-state index in [1.54, 1.807) is 6.92 Å². The summed E-state index contributed by atoms with van der Waals surface area (Å²) < 4.78 is 0. The minimum atomic E-state index is -0.761. The van der Waals surface area contributed by atoms with Crippen molar-refractivity contribution < 1.29 is 9.90 Å². The largest absolute Gasteiger partial charge is 0.481 e. The third-order valence-corrected chi connectivity index (χ3v) is 3.34. The van der Waals surface area contributed by atoms with E-state index < -0.39 is 5.97 Å². The van der Waals surface area contributed by atoms with Gasteiger partial charge in [-0.25, -0.2) is 0 Å². The Bertz CT molecular complexity index is 403. The normalized spacial score (nSPS) is 12.5. The van der Waals surface area contributed by atoms with Crippen LogP contribution >= 0.6 is 11.6 Å². The molecule has 0 fully saturated rings. The van der Waals surface area contributed by atoms with Crippen LogP contribution in [0.3, 0.4) is 0 Å². The number of rotatable bonds is 7. The number of anilines is 1. The summed E-state index contributed by atoms with van der Waals surface area (Å²) in [6, 6.07) is 7.56. The van der Waals surface area contributed by atoms with E-state index in [4.69, 9.17) is 16.7 Å². The van der Waals surface area contributed by atoms with Crippen molar-refractivity contribution >= 4 is 23.3 Å². The third kappa shape index (κ3) is 5.52. The van der Waals surface area contributed by atoms with Crippen molar-refractivity contribution in [1.29, 1.82) is 0 Å². The van der Waals surface area contributed by atoms with Crippen LogP contribution < -0.4 is 4.90 Å². The number of aliphatic carboxylic acids is 1. The van der Waals surface area contributed by atoms with E-state index in [9.17, 15) is 4.79 Å². The van der Waals surface area contributed by atoms with Crippen molar-refractivity contribution in [2.24, 2.45) is 11.8 Å². The fourth-order valence-electron chi connectivity index (χ4n) is 1.80. The van der Waals surface area contributed by atoms with Gasteiger partial charge in [-0.1, -0.05) is 32.4 Å². The summed E-state index contributed by atoms with van der Waals surface area (Å²) in [6.45, 7) is 7.45. The fraction of sp³-hybridized carbons (Fsp3) is 0.533. The topological polar surface area (TPSA) is 40.5 Å². The Morgan fingerprint density at radius 2 is 1.84 bits per heavy atom. The summed E-state index contributed by atoms with van der Waals surface area (Å²) in [6.07, 6.45) is 1.04. The van der Waals surface area contributed by atoms with Crippen LogP contribution in [0, 0.1) is 11.8 Å². The van der Waals surface area contributed by atoms with Gasteiger partial charge in [-0.3, -0.25) is 4.79 Å². The van der Waals surface area contributed by atoms with Gasteiger partial charge in [0.1, 0.15) is 0 Å². The molecule has 0 aromatic heterocycles. The van der Waals surface area contributed by atoms with Crippen LogP contribution in [-0.2, 0) is 4.79 Å². The van der Waals surface area contributed by atoms with Crippen LogP contribution in [0.4, 0.5) is 5.69 Å². The maximum absolute atomic E-state index is 11.0. The number of hydrogen-bond donors (Lipinski definition) is 1. The maximum atomic E-state index is 11.0. The molecule has 0 aliphatic carbocycles. The highest BCUT2D eigenvalue weighted by Gasteiger charge is 2.16. The number of carboxylic acids is 1. The van der Waals surface area contributed by atoms with Crippen molar-refractivity contribution in [2.75, 3.05) is 18.0 Å². The molecule has 0 heterocycles. The zero-order chi connectivity index (χ0) is 14.4. The number of carbonyl (C=O) groups is 1. The van der Waals surface area contributed by atoms with Gasteiger partial charge >= 0.3 is 5.97 Å². The Morgan fingerprint density at radius 1 is 1.26 bits per heavy atom. The molecule has 1 rings (SSSR count). The standard InChI is InChI=1S/C15H22ClNO2/c1-11(2)8-9-17(10-12(3)15(18)19)14-6-4-13(16)5-7-14/h4-7,11-12H,8-10H2,1-3H3,(H,18,19). The van der Waals surface area contributed by atoms with Crippen molar-refractivity contribution in [3.05, 3.63) is 29.3 Å². The van der Waals surface area contributed by atoms with Crippen LogP contribution in [0.5, 0.6) is 0 Å². The first-order valence-electron chi connectivity index (χ1n) is 6.63. The molecule has 0 saturated carbocycles. The van der Waals surface area contributed by atoms with E-state index in [2.05, 4.69) is 18.7 Å². The van der Waals surface area contributed by atoms with E-state index in [1.165, 1.54) is 0 Å². The predicted octanol–water partition coefficient (Wildman–Crippen LogP) is 3.91. The van der Waals surface area contributed by atoms with E-state index in [0.717, 1.165) is 18.7 Å². The lowest BCUT2D eigenvalue weighted by atomic mass is 10.1. The molecule has 0 saturated heterocycles. The second-order valence-corrected chi connectivity index (χ2v) is 5.78. The van der Waals surface area contributed by atoms with Crippen LogP contribution in [0.15, 0.2) is 24.3 Å². The number of nitrogens with zero attached hydrogens (tertiary/aromatic N) is 1. The molecule has 0 radical (unpaired) electrons. The average Bonchev–Trinajstić information content (AvgIpc) is 2.35. The molecule has 106 valence electrons. The number of carboxylic acid groups (broad SMARTS) is 1. The maximum Gasteiger partial charge on any atom is 0.308 e. The van der Waals surface area contributed by atoms with E-state index in [1.807, 2.05) is 24.3 Å². The molecule has 0 aliphatic rings. The summed E-state index contributed by atoms with van der Waals surface area (Å²) in [7, 11) is 0. The number of halogens is 1. The molecule has 4 heteroatoms. The van der Waals surface area contributed by atoms with Gasteiger partial charge in [0.05, 0.1) is 5.92 Å². The van der Waals surface area contributed by atoms with E-state index >= 15 is 0 Å². The monoisotopic (exact) mass is 283 g/mol. The summed E-state index contributed by atoms with van der Waals surface area (Å²) in [5, 5.41) is 9.74. The van der Waals surface area contributed by atoms with Gasteiger partial charge in [0, 0.05) is 23.8 Å². The Balaban J connectivity index is 2.78. The molecule has 0 bridgehead atoms. The molecule has 0 spiro atoms. The van der Waals surface area contributed by atoms with Crippen LogP contribution in [0.1, 0.15) is 27.2 Å². The molecule has 1 aromatic carbocycles. The van der Waals surface area contributed by atoms with Gasteiger partial charge < -0.3 is 10.0 Å². The molecule has 1 N–H and O–H groups in total. The smallest absolute Gasteiger partial charge is 0.308 e. The number of benzene rings is 1. The molecule has 1 atom stereocenters. The van der Waals surface area contributed by atoms with Gasteiger partial charge in [0.2, 0.25) is 0 Å².